The van der Waals surface area contributed by atoms with Gasteiger partial charge < -0.3 is 14.6 Å². The molecule has 2 aromatic rings. The summed E-state index contributed by atoms with van der Waals surface area (Å²) < 4.78 is 6.56. The van der Waals surface area contributed by atoms with Crippen molar-refractivity contribution >= 4 is 22.7 Å². The highest BCUT2D eigenvalue weighted by Gasteiger charge is 2.18. The molecule has 6 nitrogen and oxygen atoms in total. The van der Waals surface area contributed by atoms with Crippen LogP contribution in [0.2, 0.25) is 0 Å². The smallest absolute Gasteiger partial charge is 0.408 e. The van der Waals surface area contributed by atoms with Crippen molar-refractivity contribution in [2.45, 2.75) is 32.1 Å². The summed E-state index contributed by atoms with van der Waals surface area (Å²) in [5, 5.41) is 3.14. The molecule has 1 fully saturated rings. The first-order valence-electron chi connectivity index (χ1n) is 8.62. The molecule has 0 atom stereocenters. The number of rotatable bonds is 5. The number of oxazole rings is 1. The highest BCUT2D eigenvalue weighted by Crippen LogP contribution is 2.24. The average molecular weight is 331 g/mol. The third-order valence-corrected chi connectivity index (χ3v) is 4.92. The standard InChI is InChI=1S/C18H25N3O3/c1-20(12-13-6-4-3-5-7-13)17(22)11-19-14-8-9-16-15(10-14)21(2)18(23)24-16/h8-10,13,19H,3-7,11-12H2,1-2H3. The van der Waals surface area contributed by atoms with Crippen LogP contribution in [-0.4, -0.2) is 35.5 Å². The van der Waals surface area contributed by atoms with Crippen molar-refractivity contribution in [2.75, 3.05) is 25.5 Å². The molecular formula is C18H25N3O3. The number of aromatic nitrogens is 1. The van der Waals surface area contributed by atoms with Crippen molar-refractivity contribution in [2.24, 2.45) is 13.0 Å². The highest BCUT2D eigenvalue weighted by molar-refractivity contribution is 5.82. The predicted molar refractivity (Wildman–Crippen MR) is 94.2 cm³/mol. The molecule has 0 saturated heterocycles. The summed E-state index contributed by atoms with van der Waals surface area (Å²) in [6.07, 6.45) is 6.37. The fourth-order valence-corrected chi connectivity index (χ4v) is 3.41. The van der Waals surface area contributed by atoms with Crippen molar-refractivity contribution in [3.05, 3.63) is 28.7 Å². The largest absolute Gasteiger partial charge is 0.419 e. The van der Waals surface area contributed by atoms with Crippen LogP contribution in [0.25, 0.3) is 11.1 Å². The summed E-state index contributed by atoms with van der Waals surface area (Å²) in [6, 6.07) is 5.39. The van der Waals surface area contributed by atoms with Gasteiger partial charge in [0.1, 0.15) is 0 Å². The molecule has 1 saturated carbocycles. The molecular weight excluding hydrogens is 306 g/mol. The van der Waals surface area contributed by atoms with Crippen molar-refractivity contribution < 1.29 is 9.21 Å². The second-order valence-electron chi connectivity index (χ2n) is 6.74. The molecule has 1 aromatic carbocycles. The van der Waals surface area contributed by atoms with Crippen LogP contribution in [0.3, 0.4) is 0 Å². The lowest BCUT2D eigenvalue weighted by molar-refractivity contribution is -0.128. The first kappa shape index (κ1) is 16.6. The second kappa shape index (κ2) is 7.11. The van der Waals surface area contributed by atoms with Crippen molar-refractivity contribution in [1.82, 2.24) is 9.47 Å². The van der Waals surface area contributed by atoms with Crippen LogP contribution < -0.4 is 11.1 Å². The Labute approximate surface area is 141 Å². The van der Waals surface area contributed by atoms with Gasteiger partial charge in [-0.15, -0.1) is 0 Å². The van der Waals surface area contributed by atoms with E-state index < -0.39 is 0 Å². The van der Waals surface area contributed by atoms with Gasteiger partial charge in [0.05, 0.1) is 12.1 Å². The summed E-state index contributed by atoms with van der Waals surface area (Å²) >= 11 is 0. The van der Waals surface area contributed by atoms with Crippen molar-refractivity contribution in [3.8, 4) is 0 Å². The van der Waals surface area contributed by atoms with Crippen LogP contribution >= 0.6 is 0 Å². The van der Waals surface area contributed by atoms with Crippen LogP contribution in [0.4, 0.5) is 5.69 Å². The number of nitrogens with one attached hydrogen (secondary N) is 1. The van der Waals surface area contributed by atoms with Crippen molar-refractivity contribution in [1.29, 1.82) is 0 Å². The van der Waals surface area contributed by atoms with E-state index in [0.29, 0.717) is 17.0 Å². The fraction of sp³-hybridized carbons (Fsp3) is 0.556. The molecule has 24 heavy (non-hydrogen) atoms. The zero-order valence-electron chi connectivity index (χ0n) is 14.4. The predicted octanol–water partition coefficient (Wildman–Crippen LogP) is 2.58. The van der Waals surface area contributed by atoms with Crippen LogP contribution in [0, 0.1) is 5.92 Å². The van der Waals surface area contributed by atoms with E-state index in [4.69, 9.17) is 4.42 Å². The average Bonchev–Trinajstić information content (AvgIpc) is 2.88. The summed E-state index contributed by atoms with van der Waals surface area (Å²) in [5.41, 5.74) is 2.07. The van der Waals surface area contributed by atoms with E-state index >= 15 is 0 Å². The van der Waals surface area contributed by atoms with E-state index in [-0.39, 0.29) is 18.2 Å². The number of hydrogen-bond acceptors (Lipinski definition) is 4. The topological polar surface area (TPSA) is 67.5 Å². The third-order valence-electron chi connectivity index (χ3n) is 4.92. The maximum absolute atomic E-state index is 12.3. The van der Waals surface area contributed by atoms with Crippen molar-refractivity contribution in [3.63, 3.8) is 0 Å². The van der Waals surface area contributed by atoms with E-state index in [2.05, 4.69) is 5.32 Å². The maximum atomic E-state index is 12.3. The SMILES string of the molecule is CN(CC1CCCCC1)C(=O)CNc1ccc2oc(=O)n(C)c2c1. The van der Waals surface area contributed by atoms with E-state index in [1.54, 1.807) is 13.1 Å². The lowest BCUT2D eigenvalue weighted by Gasteiger charge is -2.27. The first-order valence-corrected chi connectivity index (χ1v) is 8.62. The Balaban J connectivity index is 1.57. The molecule has 1 N–H and O–H groups in total. The molecule has 1 aliphatic rings. The number of fused-ring (bicyclic) bond motifs is 1. The second-order valence-corrected chi connectivity index (χ2v) is 6.74. The van der Waals surface area contributed by atoms with Crippen LogP contribution in [0.1, 0.15) is 32.1 Å². The van der Waals surface area contributed by atoms with Gasteiger partial charge in [-0.05, 0) is 37.0 Å². The molecule has 0 spiro atoms. The molecule has 0 radical (unpaired) electrons. The van der Waals surface area contributed by atoms with Gasteiger partial charge in [-0.3, -0.25) is 9.36 Å². The number of benzene rings is 1. The Hall–Kier alpha value is -2.24. The number of aryl methyl sites for hydroxylation is 1. The van der Waals surface area contributed by atoms with Gasteiger partial charge in [-0.25, -0.2) is 4.79 Å². The minimum atomic E-state index is -0.384. The van der Waals surface area contributed by atoms with E-state index in [1.807, 2.05) is 24.1 Å². The molecule has 1 heterocycles. The highest BCUT2D eigenvalue weighted by atomic mass is 16.4. The molecule has 0 unspecified atom stereocenters. The Kier molecular flexibility index (Phi) is 4.92. The van der Waals surface area contributed by atoms with Gasteiger partial charge >= 0.3 is 5.76 Å². The summed E-state index contributed by atoms with van der Waals surface area (Å²) in [7, 11) is 3.54. The normalized spacial score (nSPS) is 15.6. The van der Waals surface area contributed by atoms with Crippen LogP contribution in [0.5, 0.6) is 0 Å². The van der Waals surface area contributed by atoms with E-state index in [1.165, 1.54) is 36.7 Å². The molecule has 3 rings (SSSR count). The lowest BCUT2D eigenvalue weighted by atomic mass is 9.89. The summed E-state index contributed by atoms with van der Waals surface area (Å²) in [4.78, 5) is 25.7. The van der Waals surface area contributed by atoms with Gasteiger partial charge in [0.15, 0.2) is 5.58 Å². The number of carbonyl (C=O) groups is 1. The Morgan fingerprint density at radius 1 is 1.33 bits per heavy atom. The van der Waals surface area contributed by atoms with Gasteiger partial charge in [-0.1, -0.05) is 19.3 Å². The number of amides is 1. The van der Waals surface area contributed by atoms with E-state index in [0.717, 1.165) is 12.2 Å². The minimum absolute atomic E-state index is 0.0850. The zero-order chi connectivity index (χ0) is 17.1. The number of likely N-dealkylation sites (N-methyl/N-ethyl adjacent to an activating group) is 1. The lowest BCUT2D eigenvalue weighted by Crippen LogP contribution is -2.36. The number of anilines is 1. The Bertz CT molecular complexity index is 771. The fourth-order valence-electron chi connectivity index (χ4n) is 3.41. The van der Waals surface area contributed by atoms with Gasteiger partial charge in [0.2, 0.25) is 5.91 Å². The summed E-state index contributed by atoms with van der Waals surface area (Å²) in [6.45, 7) is 1.09. The Morgan fingerprint density at radius 3 is 2.83 bits per heavy atom. The molecule has 1 amide bonds. The molecule has 0 aliphatic heterocycles. The number of hydrogen-bond donors (Lipinski definition) is 1. The summed E-state index contributed by atoms with van der Waals surface area (Å²) in [5.74, 6) is 0.344. The van der Waals surface area contributed by atoms with Crippen LogP contribution in [0.15, 0.2) is 27.4 Å². The van der Waals surface area contributed by atoms with Gasteiger partial charge in [-0.2, -0.15) is 0 Å². The quantitative estimate of drug-likeness (QED) is 0.914. The minimum Gasteiger partial charge on any atom is -0.408 e. The number of nitrogens with zero attached hydrogens (tertiary/aromatic N) is 2. The third kappa shape index (κ3) is 3.63. The van der Waals surface area contributed by atoms with Gasteiger partial charge in [0.25, 0.3) is 0 Å². The molecule has 1 aromatic heterocycles. The van der Waals surface area contributed by atoms with Gasteiger partial charge in [0, 0.05) is 26.3 Å². The van der Waals surface area contributed by atoms with E-state index in [9.17, 15) is 9.59 Å². The molecule has 6 heteroatoms. The molecule has 130 valence electrons. The zero-order valence-corrected chi connectivity index (χ0v) is 14.4. The first-order chi connectivity index (χ1) is 11.5. The maximum Gasteiger partial charge on any atom is 0.419 e. The Morgan fingerprint density at radius 2 is 2.08 bits per heavy atom. The monoisotopic (exact) mass is 331 g/mol. The molecule has 0 bridgehead atoms. The molecule has 1 aliphatic carbocycles. The number of carbonyl (C=O) groups excluding carboxylic acids is 1. The van der Waals surface area contributed by atoms with Crippen LogP contribution in [-0.2, 0) is 11.8 Å².